The Balaban J connectivity index is 1.47. The zero-order chi connectivity index (χ0) is 16.5. The van der Waals surface area contributed by atoms with Crippen molar-refractivity contribution in [2.24, 2.45) is 5.92 Å². The second-order valence-electron chi connectivity index (χ2n) is 6.31. The maximum absolute atomic E-state index is 12.7. The number of aromatic nitrogens is 3. The van der Waals surface area contributed by atoms with Gasteiger partial charge in [0.2, 0.25) is 11.8 Å². The van der Waals surface area contributed by atoms with Crippen LogP contribution < -0.4 is 5.32 Å². The molecule has 2 amide bonds. The molecule has 3 heterocycles. The second kappa shape index (κ2) is 6.43. The highest BCUT2D eigenvalue weighted by atomic mass is 32.2. The largest absolute Gasteiger partial charge is 0.323 e. The van der Waals surface area contributed by atoms with Crippen LogP contribution in [0.3, 0.4) is 0 Å². The molecular weight excluding hydrogens is 326 g/mol. The van der Waals surface area contributed by atoms with Gasteiger partial charge in [0, 0.05) is 17.9 Å². The molecule has 7 nitrogen and oxygen atoms in total. The topological polar surface area (TPSA) is 79.6 Å². The number of thioether (sulfide) groups is 1. The molecule has 0 unspecified atom stereocenters. The van der Waals surface area contributed by atoms with Crippen LogP contribution in [0, 0.1) is 5.92 Å². The number of hydrogen-bond donors (Lipinski definition) is 1. The summed E-state index contributed by atoms with van der Waals surface area (Å²) in [4.78, 5) is 27.1. The minimum absolute atomic E-state index is 0.104. The molecule has 24 heavy (non-hydrogen) atoms. The van der Waals surface area contributed by atoms with Crippen molar-refractivity contribution in [3.05, 3.63) is 24.7 Å². The molecule has 0 radical (unpaired) electrons. The first kappa shape index (κ1) is 15.4. The van der Waals surface area contributed by atoms with Crippen molar-refractivity contribution >= 4 is 34.9 Å². The lowest BCUT2D eigenvalue weighted by Crippen LogP contribution is -2.46. The van der Waals surface area contributed by atoms with Gasteiger partial charge in [-0.1, -0.05) is 12.8 Å². The van der Waals surface area contributed by atoms with Gasteiger partial charge in [-0.05, 0) is 25.0 Å². The molecule has 0 aromatic carbocycles. The van der Waals surface area contributed by atoms with Gasteiger partial charge in [-0.25, -0.2) is 0 Å². The number of anilines is 1. The number of rotatable bonds is 3. The van der Waals surface area contributed by atoms with Crippen molar-refractivity contribution < 1.29 is 9.59 Å². The van der Waals surface area contributed by atoms with E-state index in [4.69, 9.17) is 0 Å². The number of hydrogen-bond acceptors (Lipinski definition) is 5. The minimum atomic E-state index is -0.389. The van der Waals surface area contributed by atoms with E-state index in [-0.39, 0.29) is 23.8 Å². The summed E-state index contributed by atoms with van der Waals surface area (Å²) in [5, 5.41) is 10.7. The summed E-state index contributed by atoms with van der Waals surface area (Å²) in [6, 6.07) is 3.21. The summed E-state index contributed by atoms with van der Waals surface area (Å²) in [6.07, 6.45) is 7.52. The summed E-state index contributed by atoms with van der Waals surface area (Å²) in [5.74, 6) is 1.38. The third-order valence-corrected chi connectivity index (χ3v) is 5.74. The van der Waals surface area contributed by atoms with E-state index in [1.54, 1.807) is 45.7 Å². The van der Waals surface area contributed by atoms with Crippen LogP contribution >= 0.6 is 11.8 Å². The van der Waals surface area contributed by atoms with Crippen LogP contribution in [0.25, 0.3) is 5.65 Å². The summed E-state index contributed by atoms with van der Waals surface area (Å²) in [6.45, 7) is 0. The lowest BCUT2D eigenvalue weighted by atomic mass is 10.1. The number of nitrogens with zero attached hydrogens (tertiary/aromatic N) is 4. The maximum atomic E-state index is 12.7. The molecule has 8 heteroatoms. The van der Waals surface area contributed by atoms with Gasteiger partial charge in [-0.2, -0.15) is 0 Å². The summed E-state index contributed by atoms with van der Waals surface area (Å²) >= 11 is 1.64. The molecule has 0 bridgehead atoms. The fourth-order valence-electron chi connectivity index (χ4n) is 3.41. The van der Waals surface area contributed by atoms with E-state index in [1.807, 2.05) is 0 Å². The molecule has 126 valence electrons. The summed E-state index contributed by atoms with van der Waals surface area (Å²) < 4.78 is 1.75. The van der Waals surface area contributed by atoms with Crippen LogP contribution in [0.2, 0.25) is 0 Å². The highest BCUT2D eigenvalue weighted by molar-refractivity contribution is 7.99. The molecule has 0 spiro atoms. The molecule has 1 aliphatic heterocycles. The summed E-state index contributed by atoms with van der Waals surface area (Å²) in [5.41, 5.74) is 1.40. The fourth-order valence-corrected chi connectivity index (χ4v) is 4.58. The number of nitrogens with one attached hydrogen (secondary N) is 1. The predicted molar refractivity (Wildman–Crippen MR) is 91.5 cm³/mol. The van der Waals surface area contributed by atoms with E-state index in [1.165, 1.54) is 0 Å². The standard InChI is InChI=1S/C16H19N5O2S/c22-15(18-12-5-6-14-19-17-9-20(14)7-12)13-8-24-10-21(13)16(23)11-3-1-2-4-11/h5-7,9,11,13H,1-4,8,10H2,(H,18,22)/t13-/m0/s1. The van der Waals surface area contributed by atoms with Gasteiger partial charge >= 0.3 is 0 Å². The molecule has 1 aliphatic carbocycles. The van der Waals surface area contributed by atoms with Crippen molar-refractivity contribution in [2.45, 2.75) is 31.7 Å². The number of carbonyl (C=O) groups is 2. The molecule has 1 N–H and O–H groups in total. The van der Waals surface area contributed by atoms with Gasteiger partial charge in [-0.3, -0.25) is 14.0 Å². The molecule has 2 aromatic rings. The van der Waals surface area contributed by atoms with Gasteiger partial charge in [0.05, 0.1) is 11.6 Å². The molecule has 1 saturated carbocycles. The highest BCUT2D eigenvalue weighted by Crippen LogP contribution is 2.31. The van der Waals surface area contributed by atoms with Crippen molar-refractivity contribution in [1.29, 1.82) is 0 Å². The third-order valence-electron chi connectivity index (χ3n) is 4.73. The Kier molecular flexibility index (Phi) is 4.13. The minimum Gasteiger partial charge on any atom is -0.323 e. The van der Waals surface area contributed by atoms with Crippen LogP contribution in [0.15, 0.2) is 24.7 Å². The van der Waals surface area contributed by atoms with E-state index in [0.29, 0.717) is 17.3 Å². The quantitative estimate of drug-likeness (QED) is 0.917. The average molecular weight is 345 g/mol. The van der Waals surface area contributed by atoms with E-state index in [9.17, 15) is 9.59 Å². The highest BCUT2D eigenvalue weighted by Gasteiger charge is 2.38. The zero-order valence-electron chi connectivity index (χ0n) is 13.2. The fraction of sp³-hybridized carbons (Fsp3) is 0.500. The molecule has 1 saturated heterocycles. The number of amides is 2. The molecule has 1 atom stereocenters. The Labute approximate surface area is 143 Å². The number of pyridine rings is 1. The average Bonchev–Trinajstić information content (AvgIpc) is 3.33. The smallest absolute Gasteiger partial charge is 0.248 e. The number of carbonyl (C=O) groups excluding carboxylic acids is 2. The Morgan fingerprint density at radius 3 is 2.92 bits per heavy atom. The molecular formula is C16H19N5O2S. The first-order valence-corrected chi connectivity index (χ1v) is 9.36. The second-order valence-corrected chi connectivity index (χ2v) is 7.31. The first-order valence-electron chi connectivity index (χ1n) is 8.21. The molecule has 2 fully saturated rings. The normalized spacial score (nSPS) is 21.5. The molecule has 4 rings (SSSR count). The van der Waals surface area contributed by atoms with Crippen LogP contribution in [0.5, 0.6) is 0 Å². The van der Waals surface area contributed by atoms with Gasteiger partial charge in [-0.15, -0.1) is 22.0 Å². The van der Waals surface area contributed by atoms with Crippen LogP contribution in [0.4, 0.5) is 5.69 Å². The predicted octanol–water partition coefficient (Wildman–Crippen LogP) is 1.76. The molecule has 2 aliphatic rings. The monoisotopic (exact) mass is 345 g/mol. The van der Waals surface area contributed by atoms with Crippen molar-refractivity contribution in [2.75, 3.05) is 16.9 Å². The van der Waals surface area contributed by atoms with E-state index in [0.717, 1.165) is 31.3 Å². The number of fused-ring (bicyclic) bond motifs is 1. The first-order chi connectivity index (χ1) is 11.7. The van der Waals surface area contributed by atoms with E-state index >= 15 is 0 Å². The lowest BCUT2D eigenvalue weighted by molar-refractivity contribution is -0.139. The van der Waals surface area contributed by atoms with Gasteiger partial charge in [0.25, 0.3) is 0 Å². The van der Waals surface area contributed by atoms with Crippen LogP contribution in [-0.4, -0.2) is 49.0 Å². The van der Waals surface area contributed by atoms with E-state index in [2.05, 4.69) is 15.5 Å². The zero-order valence-corrected chi connectivity index (χ0v) is 14.0. The van der Waals surface area contributed by atoms with Gasteiger partial charge in [0.15, 0.2) is 5.65 Å². The van der Waals surface area contributed by atoms with Crippen molar-refractivity contribution in [1.82, 2.24) is 19.5 Å². The van der Waals surface area contributed by atoms with Crippen molar-refractivity contribution in [3.63, 3.8) is 0 Å². The molecule has 2 aromatic heterocycles. The SMILES string of the molecule is O=C(Nc1ccc2nncn2c1)[C@@H]1CSCN1C(=O)C1CCCC1. The summed E-state index contributed by atoms with van der Waals surface area (Å²) in [7, 11) is 0. The Morgan fingerprint density at radius 1 is 1.25 bits per heavy atom. The van der Waals surface area contributed by atoms with Gasteiger partial charge in [0.1, 0.15) is 12.4 Å². The lowest BCUT2D eigenvalue weighted by Gasteiger charge is -2.25. The van der Waals surface area contributed by atoms with Gasteiger partial charge < -0.3 is 10.2 Å². The van der Waals surface area contributed by atoms with Crippen molar-refractivity contribution in [3.8, 4) is 0 Å². The Hall–Kier alpha value is -2.09. The Morgan fingerprint density at radius 2 is 2.08 bits per heavy atom. The van der Waals surface area contributed by atoms with Crippen LogP contribution in [-0.2, 0) is 9.59 Å². The Bertz CT molecular complexity index is 771. The third kappa shape index (κ3) is 2.86. The van der Waals surface area contributed by atoms with E-state index < -0.39 is 0 Å². The maximum Gasteiger partial charge on any atom is 0.248 e. The van der Waals surface area contributed by atoms with Crippen LogP contribution in [0.1, 0.15) is 25.7 Å².